The second-order valence-electron chi connectivity index (χ2n) is 4.18. The normalized spacial score (nSPS) is 11.7. The van der Waals surface area contributed by atoms with Gasteiger partial charge < -0.3 is 10.4 Å². The standard InChI is InChI=1S/C15H16BrNO.ClH/c16-14-8-6-13(7-9-14)15(18)11-17-10-12-4-2-1-3-5-12;/h1-9,15,17-18H,10-11H2;1H. The van der Waals surface area contributed by atoms with Gasteiger partial charge in [-0.2, -0.15) is 0 Å². The van der Waals surface area contributed by atoms with E-state index in [2.05, 4.69) is 33.4 Å². The summed E-state index contributed by atoms with van der Waals surface area (Å²) in [5.41, 5.74) is 2.15. The van der Waals surface area contributed by atoms with E-state index in [0.29, 0.717) is 6.54 Å². The molecule has 0 aromatic heterocycles. The molecule has 2 N–H and O–H groups in total. The average molecular weight is 343 g/mol. The Hall–Kier alpha value is -0.870. The van der Waals surface area contributed by atoms with Crippen LogP contribution in [0, 0.1) is 0 Å². The fourth-order valence-corrected chi connectivity index (χ4v) is 2.02. The van der Waals surface area contributed by atoms with Crippen molar-refractivity contribution >= 4 is 28.3 Å². The van der Waals surface area contributed by atoms with Crippen LogP contribution < -0.4 is 5.32 Å². The van der Waals surface area contributed by atoms with Crippen LogP contribution in [0.25, 0.3) is 0 Å². The highest BCUT2D eigenvalue weighted by Gasteiger charge is 2.06. The lowest BCUT2D eigenvalue weighted by Crippen LogP contribution is -2.20. The number of hydrogen-bond donors (Lipinski definition) is 2. The molecule has 1 atom stereocenters. The van der Waals surface area contributed by atoms with E-state index in [4.69, 9.17) is 0 Å². The summed E-state index contributed by atoms with van der Waals surface area (Å²) in [6, 6.07) is 17.9. The summed E-state index contributed by atoms with van der Waals surface area (Å²) < 4.78 is 1.02. The predicted molar refractivity (Wildman–Crippen MR) is 84.5 cm³/mol. The molecule has 2 aromatic rings. The quantitative estimate of drug-likeness (QED) is 0.868. The molecule has 2 rings (SSSR count). The maximum Gasteiger partial charge on any atom is 0.0914 e. The first-order valence-corrected chi connectivity index (χ1v) is 6.73. The van der Waals surface area contributed by atoms with E-state index in [1.165, 1.54) is 5.56 Å². The summed E-state index contributed by atoms with van der Waals surface area (Å²) in [5.74, 6) is 0. The molecule has 0 aliphatic heterocycles. The van der Waals surface area contributed by atoms with Crippen molar-refractivity contribution < 1.29 is 5.11 Å². The Bertz CT molecular complexity index is 475. The topological polar surface area (TPSA) is 32.3 Å². The minimum absolute atomic E-state index is 0. The van der Waals surface area contributed by atoms with E-state index in [-0.39, 0.29) is 12.4 Å². The molecule has 0 spiro atoms. The van der Waals surface area contributed by atoms with Crippen LogP contribution in [0.3, 0.4) is 0 Å². The van der Waals surface area contributed by atoms with Crippen LogP contribution in [0.2, 0.25) is 0 Å². The first-order valence-electron chi connectivity index (χ1n) is 5.94. The van der Waals surface area contributed by atoms with Gasteiger partial charge in [0.1, 0.15) is 0 Å². The Labute approximate surface area is 128 Å². The fraction of sp³-hybridized carbons (Fsp3) is 0.200. The Kier molecular flexibility index (Phi) is 7.10. The maximum atomic E-state index is 10.0. The van der Waals surface area contributed by atoms with Crippen LogP contribution in [0.5, 0.6) is 0 Å². The van der Waals surface area contributed by atoms with Crippen LogP contribution in [0.1, 0.15) is 17.2 Å². The number of rotatable bonds is 5. The zero-order valence-electron chi connectivity index (χ0n) is 10.4. The molecule has 0 saturated carbocycles. The molecule has 0 aliphatic carbocycles. The zero-order chi connectivity index (χ0) is 12.8. The predicted octanol–water partition coefficient (Wildman–Crippen LogP) is 3.69. The van der Waals surface area contributed by atoms with Crippen molar-refractivity contribution in [2.24, 2.45) is 0 Å². The number of halogens is 2. The van der Waals surface area contributed by atoms with Crippen LogP contribution in [0.15, 0.2) is 59.1 Å². The molecule has 0 fully saturated rings. The Morgan fingerprint density at radius 1 is 1.00 bits per heavy atom. The SMILES string of the molecule is Cl.OC(CNCc1ccccc1)c1ccc(Br)cc1. The number of nitrogens with one attached hydrogen (secondary N) is 1. The maximum absolute atomic E-state index is 10.0. The molecule has 102 valence electrons. The molecule has 0 aliphatic rings. The first-order chi connectivity index (χ1) is 8.75. The van der Waals surface area contributed by atoms with Crippen LogP contribution in [0.4, 0.5) is 0 Å². The monoisotopic (exact) mass is 341 g/mol. The van der Waals surface area contributed by atoms with Crippen molar-refractivity contribution in [1.82, 2.24) is 5.32 Å². The molecule has 0 heterocycles. The van der Waals surface area contributed by atoms with Crippen LogP contribution in [-0.2, 0) is 6.54 Å². The molecule has 1 unspecified atom stereocenters. The third-order valence-corrected chi connectivity index (χ3v) is 3.29. The number of aliphatic hydroxyl groups excluding tert-OH is 1. The molecule has 0 saturated heterocycles. The van der Waals surface area contributed by atoms with E-state index in [0.717, 1.165) is 16.6 Å². The highest BCUT2D eigenvalue weighted by atomic mass is 79.9. The van der Waals surface area contributed by atoms with Gasteiger partial charge in [0.15, 0.2) is 0 Å². The van der Waals surface area contributed by atoms with Gasteiger partial charge in [-0.25, -0.2) is 0 Å². The van der Waals surface area contributed by atoms with Gasteiger partial charge in [-0.3, -0.25) is 0 Å². The van der Waals surface area contributed by atoms with E-state index in [1.807, 2.05) is 42.5 Å². The van der Waals surface area contributed by atoms with Gasteiger partial charge in [0, 0.05) is 17.6 Å². The van der Waals surface area contributed by atoms with Gasteiger partial charge in [0.2, 0.25) is 0 Å². The van der Waals surface area contributed by atoms with Crippen molar-refractivity contribution in [1.29, 1.82) is 0 Å². The molecule has 2 aromatic carbocycles. The van der Waals surface area contributed by atoms with Gasteiger partial charge >= 0.3 is 0 Å². The molecule has 0 amide bonds. The lowest BCUT2D eigenvalue weighted by Gasteiger charge is -2.12. The summed E-state index contributed by atoms with van der Waals surface area (Å²) in [7, 11) is 0. The van der Waals surface area contributed by atoms with E-state index < -0.39 is 6.10 Å². The largest absolute Gasteiger partial charge is 0.387 e. The Balaban J connectivity index is 0.00000180. The minimum Gasteiger partial charge on any atom is -0.387 e. The van der Waals surface area contributed by atoms with E-state index in [1.54, 1.807) is 0 Å². The number of aliphatic hydroxyl groups is 1. The van der Waals surface area contributed by atoms with E-state index >= 15 is 0 Å². The average Bonchev–Trinajstić information content (AvgIpc) is 2.40. The summed E-state index contributed by atoms with van der Waals surface area (Å²) in [6.45, 7) is 1.32. The molecule has 4 heteroatoms. The highest BCUT2D eigenvalue weighted by Crippen LogP contribution is 2.16. The molecular formula is C15H17BrClNO. The van der Waals surface area contributed by atoms with Gasteiger partial charge in [-0.05, 0) is 23.3 Å². The summed E-state index contributed by atoms with van der Waals surface area (Å²) in [4.78, 5) is 0. The van der Waals surface area contributed by atoms with Crippen molar-refractivity contribution in [3.8, 4) is 0 Å². The Morgan fingerprint density at radius 2 is 1.63 bits per heavy atom. The van der Waals surface area contributed by atoms with Crippen LogP contribution in [-0.4, -0.2) is 11.7 Å². The molecule has 0 bridgehead atoms. The molecule has 19 heavy (non-hydrogen) atoms. The van der Waals surface area contributed by atoms with Gasteiger partial charge in [0.25, 0.3) is 0 Å². The summed E-state index contributed by atoms with van der Waals surface area (Å²) >= 11 is 3.38. The Morgan fingerprint density at radius 3 is 2.26 bits per heavy atom. The van der Waals surface area contributed by atoms with Gasteiger partial charge in [-0.1, -0.05) is 58.4 Å². The van der Waals surface area contributed by atoms with E-state index in [9.17, 15) is 5.11 Å². The van der Waals surface area contributed by atoms with Gasteiger partial charge in [0.05, 0.1) is 6.10 Å². The zero-order valence-corrected chi connectivity index (χ0v) is 12.8. The second-order valence-corrected chi connectivity index (χ2v) is 5.10. The lowest BCUT2D eigenvalue weighted by molar-refractivity contribution is 0.174. The van der Waals surface area contributed by atoms with Crippen molar-refractivity contribution in [3.05, 3.63) is 70.2 Å². The van der Waals surface area contributed by atoms with Crippen molar-refractivity contribution in [2.45, 2.75) is 12.6 Å². The molecular weight excluding hydrogens is 326 g/mol. The third-order valence-electron chi connectivity index (χ3n) is 2.76. The smallest absolute Gasteiger partial charge is 0.0914 e. The summed E-state index contributed by atoms with van der Waals surface area (Å²) in [5, 5.41) is 13.3. The van der Waals surface area contributed by atoms with Crippen LogP contribution >= 0.6 is 28.3 Å². The highest BCUT2D eigenvalue weighted by molar-refractivity contribution is 9.10. The van der Waals surface area contributed by atoms with Crippen molar-refractivity contribution in [2.75, 3.05) is 6.54 Å². The lowest BCUT2D eigenvalue weighted by atomic mass is 10.1. The number of benzene rings is 2. The summed E-state index contributed by atoms with van der Waals surface area (Å²) in [6.07, 6.45) is -0.471. The van der Waals surface area contributed by atoms with Crippen molar-refractivity contribution in [3.63, 3.8) is 0 Å². The first kappa shape index (κ1) is 16.2. The number of hydrogen-bond acceptors (Lipinski definition) is 2. The third kappa shape index (κ3) is 5.33. The molecule has 0 radical (unpaired) electrons. The second kappa shape index (κ2) is 8.33. The fourth-order valence-electron chi connectivity index (χ4n) is 1.75. The van der Waals surface area contributed by atoms with Gasteiger partial charge in [-0.15, -0.1) is 12.4 Å². The molecule has 2 nitrogen and oxygen atoms in total. The minimum atomic E-state index is -0.471.